The number of hydrogen-bond acceptors (Lipinski definition) is 8. The van der Waals surface area contributed by atoms with Gasteiger partial charge in [-0.1, -0.05) is 12.1 Å². The van der Waals surface area contributed by atoms with Crippen LogP contribution in [0.1, 0.15) is 43.1 Å². The number of pyridine rings is 1. The first-order chi connectivity index (χ1) is 20.3. The Kier molecular flexibility index (Phi) is 7.68. The highest BCUT2D eigenvalue weighted by atomic mass is 32.1. The van der Waals surface area contributed by atoms with Crippen molar-refractivity contribution in [2.45, 2.75) is 26.8 Å². The third kappa shape index (κ3) is 5.24. The Morgan fingerprint density at radius 3 is 2.50 bits per heavy atom. The molecule has 0 atom stereocenters. The van der Waals surface area contributed by atoms with E-state index in [0.717, 1.165) is 39.1 Å². The van der Waals surface area contributed by atoms with Crippen LogP contribution in [0.4, 0.5) is 11.5 Å². The van der Waals surface area contributed by atoms with Gasteiger partial charge >= 0.3 is 5.97 Å². The summed E-state index contributed by atoms with van der Waals surface area (Å²) in [5.74, 6) is -0.357. The van der Waals surface area contributed by atoms with Gasteiger partial charge in [0.1, 0.15) is 11.6 Å². The minimum absolute atomic E-state index is 0.127. The summed E-state index contributed by atoms with van der Waals surface area (Å²) >= 11 is 1.60. The van der Waals surface area contributed by atoms with Gasteiger partial charge in [0.05, 0.1) is 19.8 Å². The fraction of sp³-hybridized carbons (Fsp3) is 0.281. The highest BCUT2D eigenvalue weighted by molar-refractivity contribution is 7.13. The zero-order valence-electron chi connectivity index (χ0n) is 23.5. The number of anilines is 2. The molecule has 4 aromatic rings. The molecule has 2 aromatic heterocycles. The highest BCUT2D eigenvalue weighted by Gasteiger charge is 2.27. The Balaban J connectivity index is 1.51. The van der Waals surface area contributed by atoms with Gasteiger partial charge in [0.2, 0.25) is 0 Å². The Morgan fingerprint density at radius 2 is 1.79 bits per heavy atom. The van der Waals surface area contributed by atoms with Gasteiger partial charge in [-0.15, -0.1) is 11.3 Å². The van der Waals surface area contributed by atoms with Crippen LogP contribution in [0.5, 0.6) is 5.75 Å². The zero-order chi connectivity index (χ0) is 29.4. The summed E-state index contributed by atoms with van der Waals surface area (Å²) in [7, 11) is 0. The summed E-state index contributed by atoms with van der Waals surface area (Å²) in [4.78, 5) is 34.3. The van der Waals surface area contributed by atoms with Gasteiger partial charge < -0.3 is 30.5 Å². The quantitative estimate of drug-likeness (QED) is 0.280. The largest absolute Gasteiger partial charge is 0.493 e. The zero-order valence-corrected chi connectivity index (χ0v) is 24.3. The SMILES string of the molecule is Cc1cc(CN)cc(C)c1NC(=O)c1cc2c(cc1-c1ccc(N3CCOCC3)nc1C(=O)O)OCCc1ccsc1-2. The molecule has 6 rings (SSSR count). The number of aryl methyl sites for hydroxylation is 2. The third-order valence-electron chi connectivity index (χ3n) is 7.76. The summed E-state index contributed by atoms with van der Waals surface area (Å²) in [6.07, 6.45) is 0.742. The number of carboxylic acid groups (broad SMARTS) is 1. The maximum Gasteiger partial charge on any atom is 0.355 e. The topological polar surface area (TPSA) is 127 Å². The predicted octanol–water partition coefficient (Wildman–Crippen LogP) is 5.27. The van der Waals surface area contributed by atoms with Crippen LogP contribution in [-0.2, 0) is 17.7 Å². The van der Waals surface area contributed by atoms with Gasteiger partial charge in [0.15, 0.2) is 5.69 Å². The second-order valence-electron chi connectivity index (χ2n) is 10.5. The van der Waals surface area contributed by atoms with Crippen molar-refractivity contribution >= 4 is 34.7 Å². The monoisotopic (exact) mass is 584 g/mol. The molecular weight excluding hydrogens is 552 g/mol. The van der Waals surface area contributed by atoms with E-state index in [1.165, 1.54) is 0 Å². The molecule has 42 heavy (non-hydrogen) atoms. The standard InChI is InChI=1S/C32H32N4O5S/c1-18-13-20(17-33)14-19(2)28(18)35-31(37)24-15-25-26(41-9-5-21-6-12-42-30(21)25)16-23(24)22-3-4-27(34-29(22)32(38)39)36-7-10-40-11-8-36/h3-4,6,12-16H,5,7-11,17,33H2,1-2H3,(H,35,37)(H,38,39). The number of benzene rings is 2. The number of carbonyl (C=O) groups is 2. The molecule has 2 aliphatic heterocycles. The van der Waals surface area contributed by atoms with E-state index >= 15 is 0 Å². The number of ether oxygens (including phenoxy) is 2. The molecule has 216 valence electrons. The highest BCUT2D eigenvalue weighted by Crippen LogP contribution is 2.43. The van der Waals surface area contributed by atoms with Gasteiger partial charge in [-0.2, -0.15) is 0 Å². The van der Waals surface area contributed by atoms with E-state index in [-0.39, 0.29) is 11.6 Å². The number of nitrogens with one attached hydrogen (secondary N) is 1. The minimum atomic E-state index is -1.17. The van der Waals surface area contributed by atoms with Crippen molar-refractivity contribution in [3.63, 3.8) is 0 Å². The van der Waals surface area contributed by atoms with Gasteiger partial charge in [0, 0.05) is 58.9 Å². The molecule has 0 aliphatic carbocycles. The van der Waals surface area contributed by atoms with Crippen molar-refractivity contribution < 1.29 is 24.2 Å². The molecule has 2 aromatic carbocycles. The summed E-state index contributed by atoms with van der Waals surface area (Å²) in [6, 6.07) is 13.1. The maximum absolute atomic E-state index is 14.1. The molecule has 2 aliphatic rings. The molecule has 10 heteroatoms. The van der Waals surface area contributed by atoms with Crippen LogP contribution in [0, 0.1) is 13.8 Å². The van der Waals surface area contributed by atoms with Gasteiger partial charge in [-0.05, 0) is 71.8 Å². The van der Waals surface area contributed by atoms with Crippen molar-refractivity contribution in [1.82, 2.24) is 4.98 Å². The molecule has 9 nitrogen and oxygen atoms in total. The van der Waals surface area contributed by atoms with Crippen molar-refractivity contribution in [2.24, 2.45) is 5.73 Å². The number of morpholine rings is 1. The lowest BCUT2D eigenvalue weighted by Gasteiger charge is -2.28. The van der Waals surface area contributed by atoms with Crippen molar-refractivity contribution in [3.05, 3.63) is 81.4 Å². The molecule has 0 saturated carbocycles. The summed E-state index contributed by atoms with van der Waals surface area (Å²) in [6.45, 7) is 7.09. The van der Waals surface area contributed by atoms with Gasteiger partial charge in [0.25, 0.3) is 5.91 Å². The number of fused-ring (bicyclic) bond motifs is 3. The van der Waals surface area contributed by atoms with Crippen LogP contribution in [-0.4, -0.2) is 54.9 Å². The first-order valence-electron chi connectivity index (χ1n) is 13.9. The molecule has 1 saturated heterocycles. The first-order valence-corrected chi connectivity index (χ1v) is 14.8. The van der Waals surface area contributed by atoms with Gasteiger partial charge in [-0.3, -0.25) is 4.79 Å². The van der Waals surface area contributed by atoms with Crippen LogP contribution in [0.25, 0.3) is 21.6 Å². The third-order valence-corrected chi connectivity index (χ3v) is 8.75. The number of rotatable bonds is 6. The Morgan fingerprint density at radius 1 is 1.02 bits per heavy atom. The van der Waals surface area contributed by atoms with E-state index in [0.29, 0.717) is 73.4 Å². The minimum Gasteiger partial charge on any atom is -0.493 e. The van der Waals surface area contributed by atoms with Crippen molar-refractivity contribution in [2.75, 3.05) is 43.1 Å². The molecule has 0 radical (unpaired) electrons. The van der Waals surface area contributed by atoms with Gasteiger partial charge in [-0.25, -0.2) is 9.78 Å². The second kappa shape index (κ2) is 11.6. The Bertz CT molecular complexity index is 1670. The molecule has 4 heterocycles. The van der Waals surface area contributed by atoms with E-state index in [1.807, 2.05) is 42.3 Å². The number of aromatic carboxylic acids is 1. The van der Waals surface area contributed by atoms with Crippen molar-refractivity contribution in [1.29, 1.82) is 0 Å². The number of aromatic nitrogens is 1. The molecule has 4 N–H and O–H groups in total. The number of thiophene rings is 1. The fourth-order valence-corrected chi connectivity index (χ4v) is 6.65. The average molecular weight is 585 g/mol. The van der Waals surface area contributed by atoms with E-state index < -0.39 is 5.97 Å². The predicted molar refractivity (Wildman–Crippen MR) is 164 cm³/mol. The molecule has 0 spiro atoms. The maximum atomic E-state index is 14.1. The van der Waals surface area contributed by atoms with Crippen LogP contribution in [0.15, 0.2) is 47.8 Å². The first kappa shape index (κ1) is 27.9. The number of carboxylic acids is 1. The molecule has 1 amide bonds. The molecule has 0 bridgehead atoms. The number of hydrogen-bond donors (Lipinski definition) is 3. The van der Waals surface area contributed by atoms with E-state index in [1.54, 1.807) is 29.5 Å². The summed E-state index contributed by atoms with van der Waals surface area (Å²) in [5, 5.41) is 15.4. The summed E-state index contributed by atoms with van der Waals surface area (Å²) < 4.78 is 11.6. The molecule has 0 unspecified atom stereocenters. The fourth-order valence-electron chi connectivity index (χ4n) is 5.67. The molecular formula is C32H32N4O5S. The lowest BCUT2D eigenvalue weighted by atomic mass is 9.93. The lowest BCUT2D eigenvalue weighted by Crippen LogP contribution is -2.37. The Hall–Kier alpha value is -4.25. The lowest BCUT2D eigenvalue weighted by molar-refractivity contribution is 0.0691. The number of nitrogens with zero attached hydrogens (tertiary/aromatic N) is 2. The van der Waals surface area contributed by atoms with Crippen molar-refractivity contribution in [3.8, 4) is 27.3 Å². The van der Waals surface area contributed by atoms with Crippen LogP contribution in [0.3, 0.4) is 0 Å². The van der Waals surface area contributed by atoms with Crippen LogP contribution >= 0.6 is 11.3 Å². The second-order valence-corrected chi connectivity index (χ2v) is 11.4. The average Bonchev–Trinajstić information content (AvgIpc) is 3.40. The van der Waals surface area contributed by atoms with E-state index in [9.17, 15) is 14.7 Å². The van der Waals surface area contributed by atoms with E-state index in [2.05, 4.69) is 16.4 Å². The van der Waals surface area contributed by atoms with Crippen LogP contribution in [0.2, 0.25) is 0 Å². The summed E-state index contributed by atoms with van der Waals surface area (Å²) in [5.41, 5.74) is 12.3. The number of carbonyl (C=O) groups excluding carboxylic acids is 1. The number of amides is 1. The van der Waals surface area contributed by atoms with E-state index in [4.69, 9.17) is 15.2 Å². The van der Waals surface area contributed by atoms with Crippen LogP contribution < -0.4 is 20.7 Å². The smallest absolute Gasteiger partial charge is 0.355 e. The molecule has 1 fully saturated rings. The normalized spacial score (nSPS) is 14.4. The number of nitrogens with two attached hydrogens (primary N) is 1. The Labute approximate surface area is 247 Å².